The van der Waals surface area contributed by atoms with E-state index in [2.05, 4.69) is 16.7 Å². The van der Waals surface area contributed by atoms with Crippen LogP contribution in [-0.4, -0.2) is 30.6 Å². The number of benzene rings is 2. The summed E-state index contributed by atoms with van der Waals surface area (Å²) in [5.74, 6) is -3.73. The molecule has 0 fully saturated rings. The normalized spacial score (nSPS) is 17.9. The SMILES string of the molecule is COC(=O)[C@@H]1C(=O)NC(SCC(=O)Nc2cc(Cl)ccc2C)=C(C#N)[C@H]1c1ccccc1. The van der Waals surface area contributed by atoms with Crippen molar-refractivity contribution in [1.82, 2.24) is 5.32 Å². The van der Waals surface area contributed by atoms with E-state index in [1.54, 1.807) is 48.5 Å². The van der Waals surface area contributed by atoms with Crippen LogP contribution in [0.2, 0.25) is 5.02 Å². The Morgan fingerprint density at radius 3 is 2.62 bits per heavy atom. The molecule has 0 aliphatic carbocycles. The second kappa shape index (κ2) is 10.4. The summed E-state index contributed by atoms with van der Waals surface area (Å²) < 4.78 is 4.81. The van der Waals surface area contributed by atoms with Crippen LogP contribution in [0.1, 0.15) is 17.0 Å². The lowest BCUT2D eigenvalue weighted by molar-refractivity contribution is -0.150. The van der Waals surface area contributed by atoms with Gasteiger partial charge in [-0.3, -0.25) is 14.4 Å². The highest BCUT2D eigenvalue weighted by Gasteiger charge is 2.44. The van der Waals surface area contributed by atoms with Crippen LogP contribution in [-0.2, 0) is 19.1 Å². The van der Waals surface area contributed by atoms with Gasteiger partial charge in [-0.1, -0.05) is 59.8 Å². The number of esters is 1. The Bertz CT molecular complexity index is 1130. The summed E-state index contributed by atoms with van der Waals surface area (Å²) in [5.41, 5.74) is 2.26. The van der Waals surface area contributed by atoms with Crippen LogP contribution in [0.5, 0.6) is 0 Å². The minimum absolute atomic E-state index is 0.0584. The molecule has 2 aromatic rings. The van der Waals surface area contributed by atoms with E-state index in [0.29, 0.717) is 16.3 Å². The van der Waals surface area contributed by atoms with E-state index >= 15 is 0 Å². The fraction of sp³-hybridized carbons (Fsp3) is 0.217. The number of anilines is 1. The number of nitrogens with one attached hydrogen (secondary N) is 2. The van der Waals surface area contributed by atoms with Crippen molar-refractivity contribution in [3.8, 4) is 6.07 Å². The number of hydrogen-bond donors (Lipinski definition) is 2. The lowest BCUT2D eigenvalue weighted by Gasteiger charge is -2.30. The van der Waals surface area contributed by atoms with Gasteiger partial charge in [0.25, 0.3) is 0 Å². The topological polar surface area (TPSA) is 108 Å². The number of halogens is 1. The number of carbonyl (C=O) groups is 3. The number of nitriles is 1. The summed E-state index contributed by atoms with van der Waals surface area (Å²) in [7, 11) is 1.19. The van der Waals surface area contributed by atoms with Crippen molar-refractivity contribution in [3.63, 3.8) is 0 Å². The summed E-state index contributed by atoms with van der Waals surface area (Å²) in [6, 6.07) is 16.1. The van der Waals surface area contributed by atoms with Crippen molar-refractivity contribution in [2.45, 2.75) is 12.8 Å². The lowest BCUT2D eigenvalue weighted by atomic mass is 9.78. The second-order valence-corrected chi connectivity index (χ2v) is 8.45. The molecule has 7 nitrogen and oxygen atoms in total. The monoisotopic (exact) mass is 469 g/mol. The lowest BCUT2D eigenvalue weighted by Crippen LogP contribution is -2.44. The number of carbonyl (C=O) groups excluding carboxylic acids is 3. The molecule has 2 amide bonds. The maximum absolute atomic E-state index is 12.8. The first-order valence-corrected chi connectivity index (χ1v) is 11.0. The zero-order chi connectivity index (χ0) is 23.3. The number of hydrogen-bond acceptors (Lipinski definition) is 6. The first-order valence-electron chi connectivity index (χ1n) is 9.62. The highest BCUT2D eigenvalue weighted by Crippen LogP contribution is 2.40. The Kier molecular flexibility index (Phi) is 7.57. The molecule has 1 aliphatic heterocycles. The van der Waals surface area contributed by atoms with Crippen LogP contribution in [0.4, 0.5) is 5.69 Å². The van der Waals surface area contributed by atoms with Crippen molar-refractivity contribution < 1.29 is 19.1 Å². The Labute approximate surface area is 194 Å². The number of aryl methyl sites for hydroxylation is 1. The van der Waals surface area contributed by atoms with E-state index in [-0.39, 0.29) is 22.3 Å². The number of thioether (sulfide) groups is 1. The summed E-state index contributed by atoms with van der Waals surface area (Å²) in [6.07, 6.45) is 0. The molecular weight excluding hydrogens is 450 g/mol. The molecule has 3 rings (SSSR count). The van der Waals surface area contributed by atoms with Crippen LogP contribution >= 0.6 is 23.4 Å². The third kappa shape index (κ3) is 5.13. The zero-order valence-electron chi connectivity index (χ0n) is 17.3. The van der Waals surface area contributed by atoms with Gasteiger partial charge in [0.15, 0.2) is 0 Å². The molecule has 0 unspecified atom stereocenters. The molecule has 0 aromatic heterocycles. The van der Waals surface area contributed by atoms with Crippen LogP contribution < -0.4 is 10.6 Å². The minimum atomic E-state index is -1.20. The Morgan fingerprint density at radius 1 is 1.25 bits per heavy atom. The third-order valence-corrected chi connectivity index (χ3v) is 6.22. The van der Waals surface area contributed by atoms with Gasteiger partial charge >= 0.3 is 5.97 Å². The fourth-order valence-electron chi connectivity index (χ4n) is 3.39. The molecule has 0 radical (unpaired) electrons. The van der Waals surface area contributed by atoms with Crippen LogP contribution in [0.25, 0.3) is 0 Å². The van der Waals surface area contributed by atoms with Crippen LogP contribution in [0.15, 0.2) is 59.1 Å². The van der Waals surface area contributed by atoms with Gasteiger partial charge < -0.3 is 15.4 Å². The van der Waals surface area contributed by atoms with Gasteiger partial charge in [0.2, 0.25) is 11.8 Å². The molecule has 0 bridgehead atoms. The van der Waals surface area contributed by atoms with Gasteiger partial charge in [0, 0.05) is 16.6 Å². The highest BCUT2D eigenvalue weighted by atomic mass is 35.5. The van der Waals surface area contributed by atoms with E-state index in [4.69, 9.17) is 16.3 Å². The summed E-state index contributed by atoms with van der Waals surface area (Å²) in [4.78, 5) is 37.6. The van der Waals surface area contributed by atoms with Crippen molar-refractivity contribution in [3.05, 3.63) is 75.3 Å². The highest BCUT2D eigenvalue weighted by molar-refractivity contribution is 8.03. The predicted octanol–water partition coefficient (Wildman–Crippen LogP) is 3.76. The van der Waals surface area contributed by atoms with Gasteiger partial charge in [-0.2, -0.15) is 5.26 Å². The van der Waals surface area contributed by atoms with Crippen LogP contribution in [0.3, 0.4) is 0 Å². The molecule has 164 valence electrons. The summed E-state index contributed by atoms with van der Waals surface area (Å²) in [5, 5.41) is 16.0. The summed E-state index contributed by atoms with van der Waals surface area (Å²) >= 11 is 7.01. The fourth-order valence-corrected chi connectivity index (χ4v) is 4.41. The number of allylic oxidation sites excluding steroid dienone is 1. The first kappa shape index (κ1) is 23.4. The maximum atomic E-state index is 12.8. The summed E-state index contributed by atoms with van der Waals surface area (Å²) in [6.45, 7) is 1.84. The number of nitrogens with zero attached hydrogens (tertiary/aromatic N) is 1. The zero-order valence-corrected chi connectivity index (χ0v) is 18.9. The van der Waals surface area contributed by atoms with Gasteiger partial charge in [-0.25, -0.2) is 0 Å². The van der Waals surface area contributed by atoms with E-state index in [1.807, 2.05) is 6.92 Å². The molecule has 2 atom stereocenters. The third-order valence-electron chi connectivity index (χ3n) is 4.96. The number of amides is 2. The maximum Gasteiger partial charge on any atom is 0.319 e. The number of methoxy groups -OCH3 is 1. The Hall–Kier alpha value is -3.28. The average molecular weight is 470 g/mol. The molecule has 0 spiro atoms. The average Bonchev–Trinajstić information content (AvgIpc) is 2.79. The largest absolute Gasteiger partial charge is 0.468 e. The smallest absolute Gasteiger partial charge is 0.319 e. The Morgan fingerprint density at radius 2 is 1.97 bits per heavy atom. The standard InChI is InChI=1S/C23H20ClN3O4S/c1-13-8-9-15(24)10-17(13)26-18(28)12-32-22-16(11-25)19(14-6-4-3-5-7-14)20(21(29)27-22)23(30)31-2/h3-10,19-20H,12H2,1-2H3,(H,26,28)(H,27,29)/t19-,20+/m1/s1. The van der Waals surface area contributed by atoms with Crippen molar-refractivity contribution in [1.29, 1.82) is 5.26 Å². The van der Waals surface area contributed by atoms with Crippen LogP contribution in [0, 0.1) is 24.2 Å². The number of ether oxygens (including phenoxy) is 1. The van der Waals surface area contributed by atoms with Crippen molar-refractivity contribution in [2.24, 2.45) is 5.92 Å². The quantitative estimate of drug-likeness (QED) is 0.492. The number of rotatable bonds is 6. The van der Waals surface area contributed by atoms with Gasteiger partial charge in [-0.05, 0) is 30.2 Å². The minimum Gasteiger partial charge on any atom is -0.468 e. The van der Waals surface area contributed by atoms with Gasteiger partial charge in [0.1, 0.15) is 5.92 Å². The molecule has 1 heterocycles. The van der Waals surface area contributed by atoms with Crippen molar-refractivity contribution in [2.75, 3.05) is 18.2 Å². The van der Waals surface area contributed by atoms with E-state index in [0.717, 1.165) is 17.3 Å². The van der Waals surface area contributed by atoms with E-state index < -0.39 is 23.7 Å². The molecule has 2 aromatic carbocycles. The molecule has 32 heavy (non-hydrogen) atoms. The van der Waals surface area contributed by atoms with E-state index in [1.165, 1.54) is 7.11 Å². The van der Waals surface area contributed by atoms with Gasteiger partial charge in [-0.15, -0.1) is 0 Å². The molecule has 0 saturated heterocycles. The molecule has 9 heteroatoms. The Balaban J connectivity index is 1.87. The van der Waals surface area contributed by atoms with Gasteiger partial charge in [0.05, 0.1) is 29.5 Å². The predicted molar refractivity (Wildman–Crippen MR) is 123 cm³/mol. The van der Waals surface area contributed by atoms with Crippen molar-refractivity contribution >= 4 is 46.8 Å². The molecule has 0 saturated carbocycles. The first-order chi connectivity index (χ1) is 15.3. The molecule has 2 N–H and O–H groups in total. The second-order valence-electron chi connectivity index (χ2n) is 7.03. The van der Waals surface area contributed by atoms with E-state index in [9.17, 15) is 19.6 Å². The molecular formula is C23H20ClN3O4S. The molecule has 1 aliphatic rings.